The molecule has 0 aliphatic rings. The van der Waals surface area contributed by atoms with Crippen molar-refractivity contribution in [2.75, 3.05) is 0 Å². The largest absolute Gasteiger partial charge is 0.288 e. The molecule has 0 fully saturated rings. The number of thiophene rings is 1. The van der Waals surface area contributed by atoms with Gasteiger partial charge in [0.2, 0.25) is 0 Å². The molecular formula is C11H6BrFOS. The Kier molecular flexibility index (Phi) is 2.98. The Morgan fingerprint density at radius 3 is 2.80 bits per heavy atom. The van der Waals surface area contributed by atoms with Crippen molar-refractivity contribution in [2.24, 2.45) is 0 Å². The summed E-state index contributed by atoms with van der Waals surface area (Å²) in [4.78, 5) is 11.8. The Bertz CT molecular complexity index is 493. The van der Waals surface area contributed by atoms with Crippen LogP contribution in [0.2, 0.25) is 0 Å². The van der Waals surface area contributed by atoms with Crippen molar-refractivity contribution in [3.8, 4) is 0 Å². The van der Waals surface area contributed by atoms with E-state index in [1.807, 2.05) is 0 Å². The quantitative estimate of drug-likeness (QED) is 0.765. The van der Waals surface area contributed by atoms with Crippen LogP contribution in [0.25, 0.3) is 0 Å². The molecule has 0 aliphatic carbocycles. The van der Waals surface area contributed by atoms with Crippen molar-refractivity contribution < 1.29 is 9.18 Å². The lowest BCUT2D eigenvalue weighted by Crippen LogP contribution is -2.03. The highest BCUT2D eigenvalue weighted by Crippen LogP contribution is 2.21. The fraction of sp³-hybridized carbons (Fsp3) is 0. The van der Waals surface area contributed by atoms with Gasteiger partial charge < -0.3 is 0 Å². The van der Waals surface area contributed by atoms with E-state index in [0.717, 1.165) is 0 Å². The number of halogens is 2. The van der Waals surface area contributed by atoms with Gasteiger partial charge in [-0.15, -0.1) is 0 Å². The molecule has 1 nitrogen and oxygen atoms in total. The SMILES string of the molecule is O=C(c1ccsc1)c1cccc(Br)c1F. The highest BCUT2D eigenvalue weighted by Gasteiger charge is 2.15. The van der Waals surface area contributed by atoms with E-state index in [1.165, 1.54) is 17.4 Å². The lowest BCUT2D eigenvalue weighted by atomic mass is 10.1. The van der Waals surface area contributed by atoms with Crippen LogP contribution in [0.5, 0.6) is 0 Å². The number of carbonyl (C=O) groups excluding carboxylic acids is 1. The van der Waals surface area contributed by atoms with Crippen molar-refractivity contribution in [1.82, 2.24) is 0 Å². The van der Waals surface area contributed by atoms with Gasteiger partial charge in [-0.2, -0.15) is 11.3 Å². The van der Waals surface area contributed by atoms with E-state index in [2.05, 4.69) is 15.9 Å². The van der Waals surface area contributed by atoms with Crippen LogP contribution in [0, 0.1) is 5.82 Å². The molecule has 2 aromatic rings. The highest BCUT2D eigenvalue weighted by molar-refractivity contribution is 9.10. The molecule has 0 bridgehead atoms. The average Bonchev–Trinajstić information content (AvgIpc) is 2.74. The summed E-state index contributed by atoms with van der Waals surface area (Å²) < 4.78 is 13.9. The third kappa shape index (κ3) is 2.01. The molecule has 0 N–H and O–H groups in total. The summed E-state index contributed by atoms with van der Waals surface area (Å²) in [6.45, 7) is 0. The van der Waals surface area contributed by atoms with Gasteiger partial charge in [-0.3, -0.25) is 4.79 Å². The molecule has 76 valence electrons. The molecule has 0 atom stereocenters. The summed E-state index contributed by atoms with van der Waals surface area (Å²) in [5.41, 5.74) is 0.625. The van der Waals surface area contributed by atoms with Crippen molar-refractivity contribution in [2.45, 2.75) is 0 Å². The summed E-state index contributed by atoms with van der Waals surface area (Å²) in [5.74, 6) is -0.788. The molecule has 0 amide bonds. The van der Waals surface area contributed by atoms with Gasteiger partial charge in [0.15, 0.2) is 5.78 Å². The second-order valence-corrected chi connectivity index (χ2v) is 4.58. The molecule has 0 spiro atoms. The molecule has 0 unspecified atom stereocenters. The molecule has 0 aliphatic heterocycles. The van der Waals surface area contributed by atoms with Gasteiger partial charge >= 0.3 is 0 Å². The number of hydrogen-bond acceptors (Lipinski definition) is 2. The molecule has 1 heterocycles. The minimum Gasteiger partial charge on any atom is -0.288 e. The van der Waals surface area contributed by atoms with Crippen molar-refractivity contribution >= 4 is 33.0 Å². The fourth-order valence-electron chi connectivity index (χ4n) is 1.23. The first-order valence-corrected chi connectivity index (χ1v) is 5.94. The van der Waals surface area contributed by atoms with Crippen LogP contribution in [0.3, 0.4) is 0 Å². The van der Waals surface area contributed by atoms with E-state index >= 15 is 0 Å². The van der Waals surface area contributed by atoms with Crippen molar-refractivity contribution in [3.63, 3.8) is 0 Å². The van der Waals surface area contributed by atoms with E-state index in [9.17, 15) is 9.18 Å². The molecule has 1 aromatic heterocycles. The third-order valence-corrected chi connectivity index (χ3v) is 3.28. The maximum atomic E-state index is 13.6. The van der Waals surface area contributed by atoms with Crippen LogP contribution in [0.4, 0.5) is 4.39 Å². The fourth-order valence-corrected chi connectivity index (χ4v) is 2.23. The Hall–Kier alpha value is -1.000. The summed E-state index contributed by atoms with van der Waals surface area (Å²) in [7, 11) is 0. The number of benzene rings is 1. The number of hydrogen-bond donors (Lipinski definition) is 0. The van der Waals surface area contributed by atoms with E-state index in [0.29, 0.717) is 10.0 Å². The molecular weight excluding hydrogens is 279 g/mol. The lowest BCUT2D eigenvalue weighted by Gasteiger charge is -2.01. The predicted octanol–water partition coefficient (Wildman–Crippen LogP) is 3.88. The van der Waals surface area contributed by atoms with E-state index in [4.69, 9.17) is 0 Å². The number of carbonyl (C=O) groups is 1. The Morgan fingerprint density at radius 1 is 1.33 bits per heavy atom. The standard InChI is InChI=1S/C11H6BrFOS/c12-9-3-1-2-8(10(9)13)11(14)7-4-5-15-6-7/h1-6H. The minimum absolute atomic E-state index is 0.0998. The molecule has 0 saturated carbocycles. The van der Waals surface area contributed by atoms with Gasteiger partial charge in [-0.05, 0) is 39.5 Å². The first-order valence-electron chi connectivity index (χ1n) is 4.21. The maximum absolute atomic E-state index is 13.6. The van der Waals surface area contributed by atoms with Gasteiger partial charge in [0.1, 0.15) is 5.82 Å². The zero-order chi connectivity index (χ0) is 10.8. The highest BCUT2D eigenvalue weighted by atomic mass is 79.9. The zero-order valence-electron chi connectivity index (χ0n) is 7.54. The molecule has 2 rings (SSSR count). The molecule has 0 radical (unpaired) electrons. The third-order valence-electron chi connectivity index (χ3n) is 1.98. The molecule has 0 saturated heterocycles. The van der Waals surface area contributed by atoms with Crippen LogP contribution in [0.1, 0.15) is 15.9 Å². The second-order valence-electron chi connectivity index (χ2n) is 2.94. The molecule has 4 heteroatoms. The normalized spacial score (nSPS) is 10.3. The van der Waals surface area contributed by atoms with Crippen LogP contribution in [-0.4, -0.2) is 5.78 Å². The molecule has 1 aromatic carbocycles. The summed E-state index contributed by atoms with van der Waals surface area (Å²) in [5, 5.41) is 3.51. The number of ketones is 1. The Morgan fingerprint density at radius 2 is 2.13 bits per heavy atom. The van der Waals surface area contributed by atoms with E-state index < -0.39 is 5.82 Å². The summed E-state index contributed by atoms with van der Waals surface area (Å²) in [6, 6.07) is 6.39. The van der Waals surface area contributed by atoms with Gasteiger partial charge in [-0.1, -0.05) is 6.07 Å². The summed E-state index contributed by atoms with van der Waals surface area (Å²) in [6.07, 6.45) is 0. The van der Waals surface area contributed by atoms with E-state index in [-0.39, 0.29) is 11.3 Å². The maximum Gasteiger partial charge on any atom is 0.196 e. The second kappa shape index (κ2) is 4.24. The van der Waals surface area contributed by atoms with Crippen LogP contribution in [0.15, 0.2) is 39.5 Å². The first-order chi connectivity index (χ1) is 7.20. The van der Waals surface area contributed by atoms with E-state index in [1.54, 1.807) is 29.0 Å². The van der Waals surface area contributed by atoms with Gasteiger partial charge in [0.05, 0.1) is 10.0 Å². The number of rotatable bonds is 2. The minimum atomic E-state index is -0.506. The first kappa shape index (κ1) is 10.5. The van der Waals surface area contributed by atoms with Crippen LogP contribution in [-0.2, 0) is 0 Å². The zero-order valence-corrected chi connectivity index (χ0v) is 9.94. The monoisotopic (exact) mass is 284 g/mol. The lowest BCUT2D eigenvalue weighted by molar-refractivity contribution is 0.103. The smallest absolute Gasteiger partial charge is 0.196 e. The van der Waals surface area contributed by atoms with Crippen LogP contribution >= 0.6 is 27.3 Å². The van der Waals surface area contributed by atoms with Gasteiger partial charge in [0, 0.05) is 10.9 Å². The van der Waals surface area contributed by atoms with Gasteiger partial charge in [0.25, 0.3) is 0 Å². The predicted molar refractivity (Wildman–Crippen MR) is 61.9 cm³/mol. The summed E-state index contributed by atoms with van der Waals surface area (Å²) >= 11 is 4.47. The topological polar surface area (TPSA) is 17.1 Å². The molecule has 15 heavy (non-hydrogen) atoms. The van der Waals surface area contributed by atoms with Crippen molar-refractivity contribution in [3.05, 3.63) is 56.4 Å². The Labute approximate surface area is 98.7 Å². The van der Waals surface area contributed by atoms with Crippen molar-refractivity contribution in [1.29, 1.82) is 0 Å². The Balaban J connectivity index is 2.47. The average molecular weight is 285 g/mol. The van der Waals surface area contributed by atoms with Gasteiger partial charge in [-0.25, -0.2) is 4.39 Å². The van der Waals surface area contributed by atoms with Crippen LogP contribution < -0.4 is 0 Å².